The summed E-state index contributed by atoms with van der Waals surface area (Å²) in [6.45, 7) is 6.54. The summed E-state index contributed by atoms with van der Waals surface area (Å²) in [5.41, 5.74) is 0.396. The average molecular weight is 654 g/mol. The molecular formula is C40H70Cl2O2. The molecular weight excluding hydrogens is 583 g/mol. The Hall–Kier alpha value is 0.500. The second kappa shape index (κ2) is 17.2. The molecule has 0 radical (unpaired) electrons. The zero-order chi connectivity index (χ0) is 30.9. The smallest absolute Gasteiger partial charge is 0.129 e. The number of rotatable bonds is 16. The molecule has 0 amide bonds. The molecule has 5 aliphatic carbocycles. The second-order valence-electron chi connectivity index (χ2n) is 16.6. The molecule has 5 aliphatic rings. The summed E-state index contributed by atoms with van der Waals surface area (Å²) in [4.78, 5) is 0. The molecule has 256 valence electrons. The fourth-order valence-corrected chi connectivity index (χ4v) is 12.0. The van der Waals surface area contributed by atoms with E-state index in [0.717, 1.165) is 36.9 Å². The molecule has 0 aromatic carbocycles. The highest BCUT2D eigenvalue weighted by Gasteiger charge is 2.72. The standard InChI is InChI=1S/C40H70Cl2O2/c1-3-5-7-9-11-29-43-36-17-13-32(14-18-36)34-21-25-38(26-22-34)31-39(40(38,41)42)27-23-35(24-28-39)33-15-19-37(20-16-33)44-30-12-10-8-6-4-2/h32-37H,3-31H2,1-2H3/t32-,33-,34?,35?,36-,37-,38?,39?. The SMILES string of the molecule is CCCCCCCO[C@H]1CC[C@H](C2CCC3(CC2)CC2(CCC([C@H]4CC[C@H](OCCCCCCC)CC4)CC2)C3(Cl)Cl)CC1. The molecule has 5 fully saturated rings. The fraction of sp³-hybridized carbons (Fsp3) is 1.00. The van der Waals surface area contributed by atoms with E-state index in [1.54, 1.807) is 0 Å². The number of alkyl halides is 2. The fourth-order valence-electron chi connectivity index (χ4n) is 11.0. The van der Waals surface area contributed by atoms with Gasteiger partial charge in [-0.2, -0.15) is 0 Å². The van der Waals surface area contributed by atoms with Gasteiger partial charge in [-0.25, -0.2) is 0 Å². The van der Waals surface area contributed by atoms with Gasteiger partial charge < -0.3 is 9.47 Å². The summed E-state index contributed by atoms with van der Waals surface area (Å²) in [6.07, 6.45) is 36.9. The molecule has 0 aliphatic heterocycles. The lowest BCUT2D eigenvalue weighted by atomic mass is 9.42. The lowest BCUT2D eigenvalue weighted by Crippen LogP contribution is -2.66. The van der Waals surface area contributed by atoms with E-state index in [4.69, 9.17) is 32.7 Å². The Morgan fingerprint density at radius 2 is 0.795 bits per heavy atom. The van der Waals surface area contributed by atoms with Gasteiger partial charge in [0.25, 0.3) is 0 Å². The number of ether oxygens (including phenoxy) is 2. The zero-order valence-electron chi connectivity index (χ0n) is 29.0. The van der Waals surface area contributed by atoms with E-state index < -0.39 is 4.33 Å². The van der Waals surface area contributed by atoms with Crippen molar-refractivity contribution in [1.82, 2.24) is 0 Å². The van der Waals surface area contributed by atoms with Crippen molar-refractivity contribution in [3.63, 3.8) is 0 Å². The van der Waals surface area contributed by atoms with Crippen LogP contribution in [0.3, 0.4) is 0 Å². The highest BCUT2D eigenvalue weighted by atomic mass is 35.5. The number of unbranched alkanes of at least 4 members (excludes halogenated alkanes) is 8. The highest BCUT2D eigenvalue weighted by molar-refractivity contribution is 6.50. The summed E-state index contributed by atoms with van der Waals surface area (Å²) >= 11 is 15.0. The third-order valence-electron chi connectivity index (χ3n) is 14.0. The number of hydrogen-bond acceptors (Lipinski definition) is 2. The normalized spacial score (nSPS) is 39.0. The Labute approximate surface area is 283 Å². The van der Waals surface area contributed by atoms with Crippen LogP contribution in [0, 0.1) is 34.5 Å². The lowest BCUT2D eigenvalue weighted by molar-refractivity contribution is -0.123. The molecule has 0 heterocycles. The zero-order valence-corrected chi connectivity index (χ0v) is 30.6. The first-order chi connectivity index (χ1) is 21.4. The molecule has 5 rings (SSSR count). The van der Waals surface area contributed by atoms with Crippen molar-refractivity contribution in [1.29, 1.82) is 0 Å². The average Bonchev–Trinajstić information content (AvgIpc) is 3.05. The Kier molecular flexibility index (Phi) is 14.0. The lowest BCUT2D eigenvalue weighted by Gasteiger charge is -2.69. The van der Waals surface area contributed by atoms with Crippen LogP contribution in [0.4, 0.5) is 0 Å². The summed E-state index contributed by atoms with van der Waals surface area (Å²) in [5, 5.41) is 0. The van der Waals surface area contributed by atoms with E-state index >= 15 is 0 Å². The maximum absolute atomic E-state index is 7.49. The van der Waals surface area contributed by atoms with Crippen LogP contribution in [0.1, 0.15) is 187 Å². The summed E-state index contributed by atoms with van der Waals surface area (Å²) in [6, 6.07) is 0. The molecule has 0 aromatic heterocycles. The van der Waals surface area contributed by atoms with Crippen LogP contribution in [0.25, 0.3) is 0 Å². The molecule has 0 bridgehead atoms. The molecule has 0 saturated heterocycles. The van der Waals surface area contributed by atoms with E-state index in [9.17, 15) is 0 Å². The molecule has 4 heteroatoms. The van der Waals surface area contributed by atoms with Gasteiger partial charge in [-0.1, -0.05) is 65.2 Å². The van der Waals surface area contributed by atoms with Crippen molar-refractivity contribution in [2.24, 2.45) is 34.5 Å². The Morgan fingerprint density at radius 3 is 1.14 bits per heavy atom. The van der Waals surface area contributed by atoms with Crippen LogP contribution in [-0.2, 0) is 9.47 Å². The minimum absolute atomic E-state index is 0.198. The van der Waals surface area contributed by atoms with Gasteiger partial charge in [-0.3, -0.25) is 0 Å². The summed E-state index contributed by atoms with van der Waals surface area (Å²) in [7, 11) is 0. The molecule has 0 unspecified atom stereocenters. The molecule has 2 nitrogen and oxygen atoms in total. The van der Waals surface area contributed by atoms with Gasteiger partial charge in [0.1, 0.15) is 4.33 Å². The van der Waals surface area contributed by atoms with Crippen molar-refractivity contribution in [2.45, 2.75) is 204 Å². The van der Waals surface area contributed by atoms with Crippen LogP contribution in [0.2, 0.25) is 0 Å². The maximum Gasteiger partial charge on any atom is 0.129 e. The quantitative estimate of drug-likeness (QED) is 0.122. The first kappa shape index (κ1) is 35.8. The molecule has 5 saturated carbocycles. The van der Waals surface area contributed by atoms with Gasteiger partial charge in [0.2, 0.25) is 0 Å². The Morgan fingerprint density at radius 1 is 0.455 bits per heavy atom. The van der Waals surface area contributed by atoms with Gasteiger partial charge in [0, 0.05) is 24.0 Å². The van der Waals surface area contributed by atoms with Crippen molar-refractivity contribution < 1.29 is 9.47 Å². The van der Waals surface area contributed by atoms with Gasteiger partial charge in [0.05, 0.1) is 12.2 Å². The molecule has 0 aromatic rings. The second-order valence-corrected chi connectivity index (χ2v) is 18.0. The van der Waals surface area contributed by atoms with Crippen molar-refractivity contribution in [2.75, 3.05) is 13.2 Å². The van der Waals surface area contributed by atoms with Crippen LogP contribution >= 0.6 is 23.2 Å². The first-order valence-electron chi connectivity index (χ1n) is 20.0. The first-order valence-corrected chi connectivity index (χ1v) is 20.8. The third-order valence-corrected chi connectivity index (χ3v) is 15.6. The van der Waals surface area contributed by atoms with E-state index in [0.29, 0.717) is 12.2 Å². The van der Waals surface area contributed by atoms with Crippen LogP contribution < -0.4 is 0 Å². The van der Waals surface area contributed by atoms with Gasteiger partial charge in [0.15, 0.2) is 0 Å². The van der Waals surface area contributed by atoms with Crippen molar-refractivity contribution in [3.8, 4) is 0 Å². The van der Waals surface area contributed by atoms with Gasteiger partial charge >= 0.3 is 0 Å². The van der Waals surface area contributed by atoms with E-state index in [1.165, 1.54) is 173 Å². The van der Waals surface area contributed by atoms with Crippen LogP contribution in [0.5, 0.6) is 0 Å². The number of halogens is 2. The molecule has 0 atom stereocenters. The van der Waals surface area contributed by atoms with Crippen molar-refractivity contribution in [3.05, 3.63) is 0 Å². The number of hydrogen-bond donors (Lipinski definition) is 0. The van der Waals surface area contributed by atoms with Gasteiger partial charge in [-0.15, -0.1) is 23.2 Å². The molecule has 2 spiro atoms. The largest absolute Gasteiger partial charge is 0.378 e. The highest BCUT2D eigenvalue weighted by Crippen LogP contribution is 2.77. The molecule has 0 N–H and O–H groups in total. The summed E-state index contributed by atoms with van der Waals surface area (Å²) in [5.74, 6) is 3.61. The molecule has 44 heavy (non-hydrogen) atoms. The van der Waals surface area contributed by atoms with Gasteiger partial charge in [-0.05, 0) is 146 Å². The Bertz CT molecular complexity index is 732. The monoisotopic (exact) mass is 652 g/mol. The minimum atomic E-state index is -0.499. The third kappa shape index (κ3) is 8.55. The van der Waals surface area contributed by atoms with E-state index in [2.05, 4.69) is 13.8 Å². The predicted molar refractivity (Wildman–Crippen MR) is 189 cm³/mol. The van der Waals surface area contributed by atoms with E-state index in [1.807, 2.05) is 0 Å². The van der Waals surface area contributed by atoms with E-state index in [-0.39, 0.29) is 10.8 Å². The Balaban J connectivity index is 0.968. The van der Waals surface area contributed by atoms with Crippen molar-refractivity contribution >= 4 is 23.2 Å². The predicted octanol–water partition coefficient (Wildman–Crippen LogP) is 13.0. The summed E-state index contributed by atoms with van der Waals surface area (Å²) < 4.78 is 12.1. The van der Waals surface area contributed by atoms with Crippen LogP contribution in [-0.4, -0.2) is 29.8 Å². The topological polar surface area (TPSA) is 18.5 Å². The maximum atomic E-state index is 7.49. The van der Waals surface area contributed by atoms with Crippen LogP contribution in [0.15, 0.2) is 0 Å². The minimum Gasteiger partial charge on any atom is -0.378 e.